The van der Waals surface area contributed by atoms with E-state index in [1.54, 1.807) is 29.2 Å². The van der Waals surface area contributed by atoms with Crippen molar-refractivity contribution in [3.63, 3.8) is 0 Å². The third-order valence-corrected chi connectivity index (χ3v) is 5.55. The second-order valence-corrected chi connectivity index (χ2v) is 8.34. The van der Waals surface area contributed by atoms with Gasteiger partial charge < -0.3 is 9.73 Å². The van der Waals surface area contributed by atoms with Gasteiger partial charge in [-0.25, -0.2) is 8.42 Å². The van der Waals surface area contributed by atoms with Crippen LogP contribution in [-0.2, 0) is 16.4 Å². The van der Waals surface area contributed by atoms with Gasteiger partial charge in [0.25, 0.3) is 5.91 Å². The molecule has 0 unspecified atom stereocenters. The number of sulfone groups is 1. The summed E-state index contributed by atoms with van der Waals surface area (Å²) in [5.41, 5.74) is 0. The molecule has 1 N–H and O–H groups in total. The second-order valence-electron chi connectivity index (χ2n) is 5.20. The van der Waals surface area contributed by atoms with E-state index in [1.807, 2.05) is 0 Å². The highest BCUT2D eigenvalue weighted by Gasteiger charge is 2.29. The van der Waals surface area contributed by atoms with Crippen LogP contribution in [0.2, 0.25) is 0 Å². The molecule has 0 radical (unpaired) electrons. The molecule has 1 aliphatic rings. The highest BCUT2D eigenvalue weighted by Crippen LogP contribution is 2.15. The molecule has 3 rings (SSSR count). The number of furan rings is 1. The minimum atomic E-state index is -3.02. The van der Waals surface area contributed by atoms with E-state index in [1.165, 1.54) is 0 Å². The van der Waals surface area contributed by atoms with Crippen molar-refractivity contribution in [3.8, 4) is 0 Å². The van der Waals surface area contributed by atoms with Crippen molar-refractivity contribution in [1.29, 1.82) is 0 Å². The molecule has 7 nitrogen and oxygen atoms in total. The lowest BCUT2D eigenvalue weighted by Crippen LogP contribution is -2.35. The topological polar surface area (TPSA) is 94.2 Å². The maximum absolute atomic E-state index is 12.1. The summed E-state index contributed by atoms with van der Waals surface area (Å²) < 4.78 is 30.8. The van der Waals surface area contributed by atoms with Gasteiger partial charge in [0.15, 0.2) is 15.6 Å². The third kappa shape index (κ3) is 3.58. The first-order valence-electron chi connectivity index (χ1n) is 6.69. The van der Waals surface area contributed by atoms with E-state index in [0.29, 0.717) is 18.7 Å². The van der Waals surface area contributed by atoms with Crippen molar-refractivity contribution >= 4 is 31.7 Å². The normalized spacial score (nSPS) is 20.1. The predicted molar refractivity (Wildman–Crippen MR) is 82.3 cm³/mol. The van der Waals surface area contributed by atoms with Crippen LogP contribution in [0.15, 0.2) is 33.4 Å². The van der Waals surface area contributed by atoms with Gasteiger partial charge in [0, 0.05) is 12.2 Å². The Morgan fingerprint density at radius 1 is 1.50 bits per heavy atom. The second kappa shape index (κ2) is 5.88. The lowest BCUT2D eigenvalue weighted by atomic mass is 10.2. The van der Waals surface area contributed by atoms with Gasteiger partial charge in [-0.05, 0) is 34.5 Å². The Bertz CT molecular complexity index is 796. The summed E-state index contributed by atoms with van der Waals surface area (Å²) in [7, 11) is -3.02. The number of carbonyl (C=O) groups excluding carboxylic acids is 1. The Morgan fingerprint density at radius 2 is 2.32 bits per heavy atom. The molecule has 0 saturated carbocycles. The molecule has 1 atom stereocenters. The van der Waals surface area contributed by atoms with Gasteiger partial charge in [0.2, 0.25) is 0 Å². The predicted octanol–water partition coefficient (Wildman–Crippen LogP) is 1.20. The van der Waals surface area contributed by atoms with E-state index in [9.17, 15) is 13.2 Å². The van der Waals surface area contributed by atoms with Crippen LogP contribution in [0, 0.1) is 0 Å². The number of nitrogens with zero attached hydrogens (tertiary/aromatic N) is 2. The van der Waals surface area contributed by atoms with E-state index < -0.39 is 15.7 Å². The van der Waals surface area contributed by atoms with E-state index in [2.05, 4.69) is 26.3 Å². The zero-order valence-electron chi connectivity index (χ0n) is 11.5. The molecule has 0 aromatic carbocycles. The van der Waals surface area contributed by atoms with Gasteiger partial charge in [0.05, 0.1) is 28.7 Å². The highest BCUT2D eigenvalue weighted by atomic mass is 79.9. The molecule has 22 heavy (non-hydrogen) atoms. The minimum Gasteiger partial charge on any atom is -0.454 e. The maximum Gasteiger partial charge on any atom is 0.287 e. The fourth-order valence-corrected chi connectivity index (χ4v) is 4.34. The summed E-state index contributed by atoms with van der Waals surface area (Å²) in [5, 5.41) is 6.80. The molecule has 1 fully saturated rings. The number of aromatic nitrogens is 2. The molecule has 1 aliphatic heterocycles. The first kappa shape index (κ1) is 15.3. The molecule has 2 aromatic rings. The standard InChI is InChI=1S/C13H14BrN3O4S/c14-9-5-15-17(6-9)7-11-1-2-12(21-11)13(18)16-10-3-4-22(19,20)8-10/h1-2,5-6,10H,3-4,7-8H2,(H,16,18)/t10-/m0/s1. The number of carbonyl (C=O) groups is 1. The van der Waals surface area contributed by atoms with Crippen LogP contribution in [0.3, 0.4) is 0 Å². The Labute approximate surface area is 135 Å². The molecule has 1 saturated heterocycles. The number of nitrogens with one attached hydrogen (secondary N) is 1. The van der Waals surface area contributed by atoms with Gasteiger partial charge in [0.1, 0.15) is 5.76 Å². The van der Waals surface area contributed by atoms with Crippen LogP contribution >= 0.6 is 15.9 Å². The fourth-order valence-electron chi connectivity index (χ4n) is 2.33. The van der Waals surface area contributed by atoms with Crippen LogP contribution in [-0.4, -0.2) is 41.7 Å². The summed E-state index contributed by atoms with van der Waals surface area (Å²) in [4.78, 5) is 12.1. The zero-order chi connectivity index (χ0) is 15.7. The monoisotopic (exact) mass is 387 g/mol. The SMILES string of the molecule is O=C(N[C@H]1CCS(=O)(=O)C1)c1ccc(Cn2cc(Br)cn2)o1. The van der Waals surface area contributed by atoms with Crippen LogP contribution < -0.4 is 5.32 Å². The molecule has 0 bridgehead atoms. The number of hydrogen-bond acceptors (Lipinski definition) is 5. The van der Waals surface area contributed by atoms with E-state index in [4.69, 9.17) is 4.42 Å². The Hall–Kier alpha value is -1.61. The average Bonchev–Trinajstić information content (AvgIpc) is 3.12. The van der Waals surface area contributed by atoms with Crippen molar-refractivity contribution in [2.45, 2.75) is 19.0 Å². The Kier molecular flexibility index (Phi) is 4.09. The van der Waals surface area contributed by atoms with Gasteiger partial charge in [-0.3, -0.25) is 9.48 Å². The van der Waals surface area contributed by atoms with Crippen LogP contribution in [0.4, 0.5) is 0 Å². The summed E-state index contributed by atoms with van der Waals surface area (Å²) in [5.74, 6) is 0.490. The Balaban J connectivity index is 1.62. The van der Waals surface area contributed by atoms with Gasteiger partial charge in [-0.2, -0.15) is 5.10 Å². The molecular formula is C13H14BrN3O4S. The largest absolute Gasteiger partial charge is 0.454 e. The quantitative estimate of drug-likeness (QED) is 0.850. The van der Waals surface area contributed by atoms with Gasteiger partial charge in [-0.15, -0.1) is 0 Å². The zero-order valence-corrected chi connectivity index (χ0v) is 13.9. The fraction of sp³-hybridized carbons (Fsp3) is 0.385. The molecule has 2 aromatic heterocycles. The van der Waals surface area contributed by atoms with Crippen molar-refractivity contribution in [3.05, 3.63) is 40.5 Å². The van der Waals surface area contributed by atoms with Crippen LogP contribution in [0.25, 0.3) is 0 Å². The van der Waals surface area contributed by atoms with Crippen molar-refractivity contribution in [2.75, 3.05) is 11.5 Å². The van der Waals surface area contributed by atoms with E-state index >= 15 is 0 Å². The lowest BCUT2D eigenvalue weighted by Gasteiger charge is -2.08. The van der Waals surface area contributed by atoms with E-state index in [-0.39, 0.29) is 23.3 Å². The molecule has 3 heterocycles. The molecule has 0 aliphatic carbocycles. The molecule has 9 heteroatoms. The van der Waals surface area contributed by atoms with Crippen molar-refractivity contribution < 1.29 is 17.6 Å². The third-order valence-electron chi connectivity index (χ3n) is 3.37. The molecule has 118 valence electrons. The maximum atomic E-state index is 12.1. The average molecular weight is 388 g/mol. The smallest absolute Gasteiger partial charge is 0.287 e. The van der Waals surface area contributed by atoms with Crippen LogP contribution in [0.5, 0.6) is 0 Å². The number of rotatable bonds is 4. The summed E-state index contributed by atoms with van der Waals surface area (Å²) in [6.07, 6.45) is 3.91. The molecule has 1 amide bonds. The number of halogens is 1. The minimum absolute atomic E-state index is 0.00633. The summed E-state index contributed by atoms with van der Waals surface area (Å²) in [6.45, 7) is 0.413. The first-order chi connectivity index (χ1) is 10.4. The van der Waals surface area contributed by atoms with E-state index in [0.717, 1.165) is 4.47 Å². The summed E-state index contributed by atoms with van der Waals surface area (Å²) >= 11 is 3.30. The first-order valence-corrected chi connectivity index (χ1v) is 9.31. The highest BCUT2D eigenvalue weighted by molar-refractivity contribution is 9.10. The lowest BCUT2D eigenvalue weighted by molar-refractivity contribution is 0.0911. The molecular weight excluding hydrogens is 374 g/mol. The molecule has 0 spiro atoms. The number of hydrogen-bond donors (Lipinski definition) is 1. The summed E-state index contributed by atoms with van der Waals surface area (Å²) in [6, 6.07) is 2.94. The Morgan fingerprint density at radius 3 is 2.95 bits per heavy atom. The van der Waals surface area contributed by atoms with Crippen molar-refractivity contribution in [1.82, 2.24) is 15.1 Å². The van der Waals surface area contributed by atoms with Gasteiger partial charge >= 0.3 is 0 Å². The van der Waals surface area contributed by atoms with Crippen molar-refractivity contribution in [2.24, 2.45) is 0 Å². The number of amides is 1. The van der Waals surface area contributed by atoms with Gasteiger partial charge in [-0.1, -0.05) is 0 Å². The van der Waals surface area contributed by atoms with Crippen LogP contribution in [0.1, 0.15) is 22.7 Å².